The van der Waals surface area contributed by atoms with E-state index in [0.717, 1.165) is 89.1 Å². The minimum Gasteiger partial charge on any atom is -0.309 e. The molecule has 0 bridgehead atoms. The Hall–Kier alpha value is -11.0. The highest BCUT2D eigenvalue weighted by Crippen LogP contribution is 2.43. The maximum absolute atomic E-state index is 5.39. The van der Waals surface area contributed by atoms with Crippen molar-refractivity contribution < 1.29 is 0 Å². The number of benzene rings is 11. The Morgan fingerprint density at radius 3 is 0.786 bits per heavy atom. The van der Waals surface area contributed by atoms with Crippen LogP contribution in [0.25, 0.3) is 146 Å². The van der Waals surface area contributed by atoms with Crippen molar-refractivity contribution in [3.63, 3.8) is 0 Å². The smallest absolute Gasteiger partial charge is 0.164 e. The van der Waals surface area contributed by atoms with E-state index in [9.17, 15) is 0 Å². The summed E-state index contributed by atoms with van der Waals surface area (Å²) in [7, 11) is 0. The minimum atomic E-state index is 0.561. The van der Waals surface area contributed by atoms with Gasteiger partial charge in [-0.25, -0.2) is 29.9 Å². The lowest BCUT2D eigenvalue weighted by molar-refractivity contribution is 1.07. The van der Waals surface area contributed by atoms with Crippen molar-refractivity contribution in [3.05, 3.63) is 277 Å². The summed E-state index contributed by atoms with van der Waals surface area (Å²) in [4.78, 5) is 31.8. The summed E-state index contributed by atoms with van der Waals surface area (Å²) in [5.74, 6) is 3.48. The fraction of sp³-hybridized carbons (Fsp3) is 0.0526. The van der Waals surface area contributed by atoms with Crippen molar-refractivity contribution in [2.24, 2.45) is 0 Å². The topological polar surface area (TPSA) is 87.2 Å². The van der Waals surface area contributed by atoms with Gasteiger partial charge >= 0.3 is 0 Å². The molecule has 0 amide bonds. The third-order valence-corrected chi connectivity index (χ3v) is 16.0. The van der Waals surface area contributed by atoms with Gasteiger partial charge in [-0.1, -0.05) is 198 Å². The molecule has 15 rings (SSSR count). The molecule has 0 fully saturated rings. The highest BCUT2D eigenvalue weighted by molar-refractivity contribution is 6.11. The van der Waals surface area contributed by atoms with E-state index in [-0.39, 0.29) is 0 Å². The largest absolute Gasteiger partial charge is 0.309 e. The van der Waals surface area contributed by atoms with Crippen LogP contribution in [0, 0.1) is 27.7 Å². The Balaban J connectivity index is 0.977. The van der Waals surface area contributed by atoms with Crippen LogP contribution in [0.4, 0.5) is 0 Å². The van der Waals surface area contributed by atoms with Gasteiger partial charge in [0.1, 0.15) is 0 Å². The van der Waals surface area contributed by atoms with E-state index in [2.05, 4.69) is 219 Å². The molecule has 0 aliphatic carbocycles. The Bertz CT molecular complexity index is 4500. The quantitative estimate of drug-likeness (QED) is 0.136. The molecule has 0 N–H and O–H groups in total. The minimum absolute atomic E-state index is 0.561. The monoisotopic (exact) mass is 1080 g/mol. The molecule has 0 radical (unpaired) electrons. The standard InChI is InChI=1S/C76H54N8/c1-47-28-36-67-61(40-47)62-41-48(2)29-37-68(62)83(67)57-32-34-59(65(45-57)75-79-71(51-18-9-5-10-19-51)77-72(80-75)52-20-11-6-12-21-52)55-26-17-27-56(44-55)60-35-33-58(84-69-38-30-49(3)42-63(69)64-43-50(4)31-39-70(64)84)46-66(60)76-81-73(53-22-13-7-14-23-53)78-74(82-76)54-24-15-8-16-25-54/h5-46H,1-4H3. The first kappa shape index (κ1) is 50.0. The van der Waals surface area contributed by atoms with Crippen LogP contribution in [0.5, 0.6) is 0 Å². The van der Waals surface area contributed by atoms with E-state index in [0.29, 0.717) is 34.9 Å². The molecule has 4 aromatic heterocycles. The summed E-state index contributed by atoms with van der Waals surface area (Å²) < 4.78 is 4.75. The second-order valence-corrected chi connectivity index (χ2v) is 21.9. The number of nitrogens with zero attached hydrogens (tertiary/aromatic N) is 8. The molecule has 0 saturated heterocycles. The molecular weight excluding hydrogens is 1020 g/mol. The predicted octanol–water partition coefficient (Wildman–Crippen LogP) is 18.8. The van der Waals surface area contributed by atoms with E-state index in [4.69, 9.17) is 29.9 Å². The lowest BCUT2D eigenvalue weighted by Crippen LogP contribution is -2.03. The number of hydrogen-bond donors (Lipinski definition) is 0. The summed E-state index contributed by atoms with van der Waals surface area (Å²) >= 11 is 0. The Kier molecular flexibility index (Phi) is 12.2. The van der Waals surface area contributed by atoms with Gasteiger partial charge in [-0.05, 0) is 129 Å². The molecule has 11 aromatic carbocycles. The molecule has 0 atom stereocenters. The Morgan fingerprint density at radius 1 is 0.214 bits per heavy atom. The second-order valence-electron chi connectivity index (χ2n) is 21.9. The summed E-state index contributed by atoms with van der Waals surface area (Å²) in [6, 6.07) is 89.9. The molecule has 398 valence electrons. The third kappa shape index (κ3) is 8.98. The first-order chi connectivity index (χ1) is 41.2. The zero-order valence-electron chi connectivity index (χ0n) is 46.8. The van der Waals surface area contributed by atoms with Gasteiger partial charge in [-0.15, -0.1) is 0 Å². The van der Waals surface area contributed by atoms with E-state index >= 15 is 0 Å². The summed E-state index contributed by atoms with van der Waals surface area (Å²) in [5, 5.41) is 4.83. The number of fused-ring (bicyclic) bond motifs is 6. The van der Waals surface area contributed by atoms with Crippen molar-refractivity contribution in [3.8, 4) is 102 Å². The Morgan fingerprint density at radius 2 is 0.488 bits per heavy atom. The average molecular weight is 1080 g/mol. The maximum Gasteiger partial charge on any atom is 0.164 e. The van der Waals surface area contributed by atoms with Crippen LogP contribution < -0.4 is 0 Å². The van der Waals surface area contributed by atoms with Crippen molar-refractivity contribution in [2.75, 3.05) is 0 Å². The molecule has 0 saturated carbocycles. The Labute approximate surface area is 486 Å². The molecule has 8 heteroatoms. The van der Waals surface area contributed by atoms with Gasteiger partial charge in [0.15, 0.2) is 34.9 Å². The van der Waals surface area contributed by atoms with E-state index in [1.165, 1.54) is 43.8 Å². The molecular formula is C76H54N8. The zero-order valence-corrected chi connectivity index (χ0v) is 46.8. The molecule has 8 nitrogen and oxygen atoms in total. The van der Waals surface area contributed by atoms with Crippen molar-refractivity contribution >= 4 is 43.6 Å². The average Bonchev–Trinajstić information content (AvgIpc) is 1.95. The number of aryl methyl sites for hydroxylation is 4. The molecule has 0 spiro atoms. The molecule has 0 aliphatic rings. The number of hydrogen-bond acceptors (Lipinski definition) is 6. The lowest BCUT2D eigenvalue weighted by atomic mass is 9.92. The van der Waals surface area contributed by atoms with Crippen LogP contribution in [-0.2, 0) is 0 Å². The highest BCUT2D eigenvalue weighted by atomic mass is 15.1. The van der Waals surface area contributed by atoms with E-state index in [1.54, 1.807) is 0 Å². The van der Waals surface area contributed by atoms with Crippen molar-refractivity contribution in [1.82, 2.24) is 39.0 Å². The normalized spacial score (nSPS) is 11.6. The van der Waals surface area contributed by atoms with Gasteiger partial charge in [0.2, 0.25) is 0 Å². The van der Waals surface area contributed by atoms with Gasteiger partial charge in [0, 0.05) is 66.3 Å². The van der Waals surface area contributed by atoms with Crippen LogP contribution in [0.1, 0.15) is 22.3 Å². The number of rotatable bonds is 10. The number of aromatic nitrogens is 8. The van der Waals surface area contributed by atoms with Crippen LogP contribution in [-0.4, -0.2) is 39.0 Å². The summed E-state index contributed by atoms with van der Waals surface area (Å²) in [6.45, 7) is 8.64. The maximum atomic E-state index is 5.39. The summed E-state index contributed by atoms with van der Waals surface area (Å²) in [5.41, 5.74) is 20.6. The van der Waals surface area contributed by atoms with Crippen LogP contribution in [0.3, 0.4) is 0 Å². The van der Waals surface area contributed by atoms with Crippen LogP contribution >= 0.6 is 0 Å². The fourth-order valence-corrected chi connectivity index (χ4v) is 12.0. The SMILES string of the molecule is Cc1ccc2c(c1)c1cc(C)ccc1n2-c1ccc(-c2cccc(-c3ccc(-n4c5ccc(C)cc5c5cc(C)ccc54)cc3-c3nc(-c4ccccc4)nc(-c4ccccc4)n3)c2)c(-c2nc(-c3ccccc3)nc(-c3ccccc3)n2)c1. The first-order valence-corrected chi connectivity index (χ1v) is 28.4. The molecule has 0 aliphatic heterocycles. The van der Waals surface area contributed by atoms with Gasteiger partial charge in [0.25, 0.3) is 0 Å². The van der Waals surface area contributed by atoms with Gasteiger partial charge < -0.3 is 9.13 Å². The molecule has 0 unspecified atom stereocenters. The fourth-order valence-electron chi connectivity index (χ4n) is 12.0. The van der Waals surface area contributed by atoms with Crippen LogP contribution in [0.15, 0.2) is 255 Å². The molecule has 84 heavy (non-hydrogen) atoms. The first-order valence-electron chi connectivity index (χ1n) is 28.4. The van der Waals surface area contributed by atoms with E-state index < -0.39 is 0 Å². The van der Waals surface area contributed by atoms with E-state index in [1.807, 2.05) is 72.8 Å². The lowest BCUT2D eigenvalue weighted by Gasteiger charge is -2.17. The van der Waals surface area contributed by atoms with Gasteiger partial charge in [-0.3, -0.25) is 0 Å². The molecule has 15 aromatic rings. The second kappa shape index (κ2) is 20.5. The van der Waals surface area contributed by atoms with Gasteiger partial charge in [0.05, 0.1) is 22.1 Å². The van der Waals surface area contributed by atoms with Crippen molar-refractivity contribution in [1.29, 1.82) is 0 Å². The zero-order chi connectivity index (χ0) is 56.4. The summed E-state index contributed by atoms with van der Waals surface area (Å²) in [6.07, 6.45) is 0. The van der Waals surface area contributed by atoms with Crippen molar-refractivity contribution in [2.45, 2.75) is 27.7 Å². The third-order valence-electron chi connectivity index (χ3n) is 16.0. The van der Waals surface area contributed by atoms with Gasteiger partial charge in [-0.2, -0.15) is 0 Å². The van der Waals surface area contributed by atoms with Crippen LogP contribution in [0.2, 0.25) is 0 Å². The predicted molar refractivity (Wildman–Crippen MR) is 344 cm³/mol. The molecule has 4 heterocycles. The highest BCUT2D eigenvalue weighted by Gasteiger charge is 2.23.